The van der Waals surface area contributed by atoms with Gasteiger partial charge in [-0.25, -0.2) is 9.59 Å². The topological polar surface area (TPSA) is 224 Å². The van der Waals surface area contributed by atoms with E-state index in [1.165, 1.54) is 0 Å². The highest BCUT2D eigenvalue weighted by Gasteiger charge is 2.53. The van der Waals surface area contributed by atoms with Crippen LogP contribution in [-0.4, -0.2) is 114 Å². The van der Waals surface area contributed by atoms with Crippen molar-refractivity contribution < 1.29 is 64.7 Å². The molecule has 2 saturated heterocycles. The van der Waals surface area contributed by atoms with Crippen molar-refractivity contribution in [2.75, 3.05) is 0 Å². The van der Waals surface area contributed by atoms with E-state index in [9.17, 15) is 40.2 Å². The summed E-state index contributed by atoms with van der Waals surface area (Å²) >= 11 is 0. The Balaban J connectivity index is 2.22. The average molecular weight is 370 g/mol. The van der Waals surface area contributed by atoms with Crippen molar-refractivity contribution in [3.63, 3.8) is 0 Å². The van der Waals surface area contributed by atoms with Crippen molar-refractivity contribution in [2.45, 2.75) is 61.4 Å². The number of hydrogen-bond donors (Lipinski definition) is 8. The summed E-state index contributed by atoms with van der Waals surface area (Å²) in [4.78, 5) is 22.2. The first-order chi connectivity index (χ1) is 11.6. The van der Waals surface area contributed by atoms with Crippen molar-refractivity contribution in [1.29, 1.82) is 0 Å². The molecule has 0 aliphatic carbocycles. The lowest BCUT2D eigenvalue weighted by atomic mass is 9.96. The zero-order valence-corrected chi connectivity index (χ0v) is 12.4. The first kappa shape index (κ1) is 19.9. The lowest BCUT2D eigenvalue weighted by molar-refractivity contribution is -0.346. The van der Waals surface area contributed by atoms with Crippen LogP contribution in [0.2, 0.25) is 0 Å². The highest BCUT2D eigenvalue weighted by atomic mass is 16.7. The van der Waals surface area contributed by atoms with Gasteiger partial charge in [0, 0.05) is 0 Å². The number of carboxylic acid groups (broad SMARTS) is 2. The minimum Gasteiger partial charge on any atom is -0.479 e. The van der Waals surface area contributed by atoms with E-state index in [2.05, 4.69) is 4.74 Å². The molecule has 0 spiro atoms. The number of aliphatic hydroxyl groups is 6. The zero-order valence-electron chi connectivity index (χ0n) is 12.4. The van der Waals surface area contributed by atoms with Gasteiger partial charge in [-0.3, -0.25) is 0 Å². The maximum atomic E-state index is 11.2. The Morgan fingerprint density at radius 1 is 0.680 bits per heavy atom. The fourth-order valence-electron chi connectivity index (χ4n) is 2.52. The molecule has 8 N–H and O–H groups in total. The molecule has 0 unspecified atom stereocenters. The van der Waals surface area contributed by atoms with Crippen LogP contribution in [0.25, 0.3) is 0 Å². The first-order valence-corrected chi connectivity index (χ1v) is 7.06. The molecule has 2 aliphatic heterocycles. The molecule has 13 heteroatoms. The minimum atomic E-state index is -2.03. The summed E-state index contributed by atoms with van der Waals surface area (Å²) in [5.74, 6) is -3.39. The fraction of sp³-hybridized carbons (Fsp3) is 0.833. The third-order valence-electron chi connectivity index (χ3n) is 3.91. The summed E-state index contributed by atoms with van der Waals surface area (Å²) in [6, 6.07) is 0. The number of carbonyl (C=O) groups is 2. The van der Waals surface area contributed by atoms with E-state index in [1.807, 2.05) is 0 Å². The molecule has 2 fully saturated rings. The number of ether oxygens (including phenoxy) is 3. The third kappa shape index (κ3) is 3.74. The number of aliphatic hydroxyl groups excluding tert-OH is 6. The first-order valence-electron chi connectivity index (χ1n) is 7.06. The molecule has 2 rings (SSSR count). The van der Waals surface area contributed by atoms with Crippen LogP contribution in [0.5, 0.6) is 0 Å². The maximum Gasteiger partial charge on any atom is 0.335 e. The smallest absolute Gasteiger partial charge is 0.335 e. The summed E-state index contributed by atoms with van der Waals surface area (Å²) < 4.78 is 14.4. The predicted octanol–water partition coefficient (Wildman–Crippen LogP) is -5.21. The van der Waals surface area contributed by atoms with Crippen LogP contribution in [0.15, 0.2) is 0 Å². The number of carboxylic acids is 2. The van der Waals surface area contributed by atoms with Gasteiger partial charge in [-0.05, 0) is 0 Å². The second kappa shape index (κ2) is 7.45. The lowest BCUT2D eigenvalue weighted by Gasteiger charge is -2.44. The van der Waals surface area contributed by atoms with Gasteiger partial charge in [0.1, 0.15) is 36.6 Å². The van der Waals surface area contributed by atoms with Gasteiger partial charge >= 0.3 is 11.9 Å². The largest absolute Gasteiger partial charge is 0.479 e. The normalized spacial score (nSPS) is 48.1. The summed E-state index contributed by atoms with van der Waals surface area (Å²) in [5.41, 5.74) is 0. The van der Waals surface area contributed by atoms with E-state index in [1.54, 1.807) is 0 Å². The maximum absolute atomic E-state index is 11.2. The van der Waals surface area contributed by atoms with Gasteiger partial charge in [0.05, 0.1) is 0 Å². The molecule has 0 saturated carbocycles. The number of aliphatic carboxylic acids is 2. The molecule has 10 atom stereocenters. The van der Waals surface area contributed by atoms with Crippen LogP contribution < -0.4 is 0 Å². The highest BCUT2D eigenvalue weighted by molar-refractivity contribution is 5.74. The van der Waals surface area contributed by atoms with E-state index in [-0.39, 0.29) is 0 Å². The fourth-order valence-corrected chi connectivity index (χ4v) is 2.52. The molecular formula is C12H18O13. The average Bonchev–Trinajstić information content (AvgIpc) is 2.54. The molecule has 0 aromatic heterocycles. The van der Waals surface area contributed by atoms with Gasteiger partial charge in [-0.2, -0.15) is 0 Å². The predicted molar refractivity (Wildman–Crippen MR) is 69.7 cm³/mol. The van der Waals surface area contributed by atoms with E-state index >= 15 is 0 Å². The number of hydrogen-bond acceptors (Lipinski definition) is 11. The van der Waals surface area contributed by atoms with Crippen molar-refractivity contribution >= 4 is 11.9 Å². The Kier molecular flexibility index (Phi) is 5.93. The molecule has 0 bridgehead atoms. The monoisotopic (exact) mass is 370 g/mol. The Morgan fingerprint density at radius 2 is 1.24 bits per heavy atom. The van der Waals surface area contributed by atoms with Crippen LogP contribution in [-0.2, 0) is 23.8 Å². The Hall–Kier alpha value is -1.42. The van der Waals surface area contributed by atoms with Crippen molar-refractivity contribution in [3.8, 4) is 0 Å². The van der Waals surface area contributed by atoms with Crippen LogP contribution in [0.4, 0.5) is 0 Å². The zero-order chi connectivity index (χ0) is 19.0. The molecule has 2 aliphatic rings. The highest BCUT2D eigenvalue weighted by Crippen LogP contribution is 2.28. The molecule has 25 heavy (non-hydrogen) atoms. The van der Waals surface area contributed by atoms with Crippen molar-refractivity contribution in [3.05, 3.63) is 0 Å². The van der Waals surface area contributed by atoms with Crippen molar-refractivity contribution in [1.82, 2.24) is 0 Å². The third-order valence-corrected chi connectivity index (χ3v) is 3.91. The van der Waals surface area contributed by atoms with E-state index in [0.717, 1.165) is 0 Å². The quantitative estimate of drug-likeness (QED) is 0.232. The van der Waals surface area contributed by atoms with Gasteiger partial charge in [-0.1, -0.05) is 0 Å². The second-order valence-corrected chi connectivity index (χ2v) is 5.60. The van der Waals surface area contributed by atoms with E-state index < -0.39 is 73.4 Å². The molecule has 0 aromatic carbocycles. The Morgan fingerprint density at radius 3 is 1.76 bits per heavy atom. The standard InChI is InChI=1S/C12H18O13/c13-1-2(14)7(9(18)19)25-12(5(1)17)24-6-3(15)4(16)11(22)23-8(6)10(20)21/h1-8,11-17,22H,(H,18,19)(H,20,21)/t1-,2+,3+,4+,5+,6-,7-,8-,11+,12+/m0/s1. The summed E-state index contributed by atoms with van der Waals surface area (Å²) in [7, 11) is 0. The van der Waals surface area contributed by atoms with Crippen LogP contribution in [0.1, 0.15) is 0 Å². The molecule has 13 nitrogen and oxygen atoms in total. The second-order valence-electron chi connectivity index (χ2n) is 5.60. The van der Waals surface area contributed by atoms with Crippen LogP contribution >= 0.6 is 0 Å². The minimum absolute atomic E-state index is 1.70. The van der Waals surface area contributed by atoms with E-state index in [0.29, 0.717) is 0 Å². The van der Waals surface area contributed by atoms with Crippen LogP contribution in [0.3, 0.4) is 0 Å². The Bertz CT molecular complexity index is 511. The summed E-state index contributed by atoms with van der Waals surface area (Å²) in [6.45, 7) is 0. The van der Waals surface area contributed by atoms with Gasteiger partial charge in [-0.15, -0.1) is 0 Å². The Labute approximate surface area is 139 Å². The number of rotatable bonds is 4. The summed E-state index contributed by atoms with van der Waals surface area (Å²) in [5, 5.41) is 75.9. The summed E-state index contributed by atoms with van der Waals surface area (Å²) in [6.07, 6.45) is -19.9. The van der Waals surface area contributed by atoms with Gasteiger partial charge in [0.2, 0.25) is 0 Å². The van der Waals surface area contributed by atoms with Gasteiger partial charge < -0.3 is 55.1 Å². The molecule has 0 amide bonds. The van der Waals surface area contributed by atoms with Crippen molar-refractivity contribution in [2.24, 2.45) is 0 Å². The molecule has 0 aromatic rings. The molecular weight excluding hydrogens is 352 g/mol. The van der Waals surface area contributed by atoms with Gasteiger partial charge in [0.15, 0.2) is 24.8 Å². The molecule has 144 valence electrons. The lowest BCUT2D eigenvalue weighted by Crippen LogP contribution is -2.65. The molecule has 2 heterocycles. The van der Waals surface area contributed by atoms with E-state index in [4.69, 9.17) is 19.7 Å². The van der Waals surface area contributed by atoms with Crippen LogP contribution in [0, 0.1) is 0 Å². The molecule has 0 radical (unpaired) electrons. The SMILES string of the molecule is O=C(O)[C@H]1O[C@@H](O[C@H]2[C@H](O)[C@@H](O)[C@H](O)O[C@@H]2C(=O)O)[C@H](O)[C@@H](O)[C@H]1O. The van der Waals surface area contributed by atoms with Gasteiger partial charge in [0.25, 0.3) is 0 Å².